The number of hydrogen-bond donors (Lipinski definition) is 2. The third-order valence-electron chi connectivity index (χ3n) is 4.99. The van der Waals surface area contributed by atoms with Crippen LogP contribution in [0.4, 0.5) is 5.69 Å². The topological polar surface area (TPSA) is 87.7 Å². The lowest BCUT2D eigenvalue weighted by Crippen LogP contribution is -2.48. The fraction of sp³-hybridized carbons (Fsp3) is 0.526. The van der Waals surface area contributed by atoms with Crippen molar-refractivity contribution in [3.05, 3.63) is 29.8 Å². The maximum Gasteiger partial charge on any atom is 0.328 e. The van der Waals surface area contributed by atoms with Crippen LogP contribution in [0.15, 0.2) is 24.3 Å². The molecule has 0 radical (unpaired) electrons. The molecule has 2 N–H and O–H groups in total. The summed E-state index contributed by atoms with van der Waals surface area (Å²) in [6, 6.07) is 6.15. The largest absolute Gasteiger partial charge is 0.467 e. The summed E-state index contributed by atoms with van der Waals surface area (Å²) in [7, 11) is 1.34. The molecule has 0 spiro atoms. The molecule has 0 bridgehead atoms. The zero-order chi connectivity index (χ0) is 18.5. The number of hydrogen-bond acceptors (Lipinski definition) is 5. The predicted molar refractivity (Wildman–Crippen MR) is 96.8 cm³/mol. The minimum atomic E-state index is -0.540. The number of rotatable bonds is 4. The van der Waals surface area contributed by atoms with Gasteiger partial charge in [0.15, 0.2) is 0 Å². The average Bonchev–Trinajstić information content (AvgIpc) is 3.22. The van der Waals surface area contributed by atoms with Gasteiger partial charge in [-0.05, 0) is 56.8 Å². The van der Waals surface area contributed by atoms with Gasteiger partial charge in [0.25, 0.3) is 5.91 Å². The van der Waals surface area contributed by atoms with Crippen LogP contribution in [0, 0.1) is 0 Å². The highest BCUT2D eigenvalue weighted by Crippen LogP contribution is 2.22. The molecule has 0 saturated carbocycles. The highest BCUT2D eigenvalue weighted by Gasteiger charge is 2.33. The van der Waals surface area contributed by atoms with Crippen molar-refractivity contribution in [2.45, 2.75) is 44.2 Å². The van der Waals surface area contributed by atoms with Gasteiger partial charge in [0.05, 0.1) is 13.2 Å². The van der Waals surface area contributed by atoms with Gasteiger partial charge in [0.1, 0.15) is 6.04 Å². The third-order valence-corrected chi connectivity index (χ3v) is 4.99. The lowest BCUT2D eigenvalue weighted by molar-refractivity contribution is -0.147. The highest BCUT2D eigenvalue weighted by molar-refractivity contribution is 6.00. The number of esters is 1. The molecular weight excluding hydrogens is 334 g/mol. The smallest absolute Gasteiger partial charge is 0.328 e. The van der Waals surface area contributed by atoms with Gasteiger partial charge in [-0.2, -0.15) is 0 Å². The van der Waals surface area contributed by atoms with E-state index in [1.54, 1.807) is 29.2 Å². The Hall–Kier alpha value is -2.41. The quantitative estimate of drug-likeness (QED) is 0.797. The number of benzene rings is 1. The van der Waals surface area contributed by atoms with Crippen molar-refractivity contribution in [2.75, 3.05) is 25.5 Å². The van der Waals surface area contributed by atoms with Crippen LogP contribution in [0.2, 0.25) is 0 Å². The maximum atomic E-state index is 12.9. The van der Waals surface area contributed by atoms with Crippen LogP contribution >= 0.6 is 0 Å². The zero-order valence-electron chi connectivity index (χ0n) is 15.0. The Morgan fingerprint density at radius 3 is 2.77 bits per heavy atom. The van der Waals surface area contributed by atoms with E-state index in [0.29, 0.717) is 24.2 Å². The van der Waals surface area contributed by atoms with Crippen LogP contribution < -0.4 is 10.6 Å². The van der Waals surface area contributed by atoms with E-state index in [9.17, 15) is 14.4 Å². The van der Waals surface area contributed by atoms with Crippen LogP contribution in [-0.2, 0) is 14.3 Å². The summed E-state index contributed by atoms with van der Waals surface area (Å²) in [5, 5.41) is 6.02. The standard InChI is InChI=1S/C19H25N3O4/c1-26-19(25)16-9-2-3-11-22(16)18(24)13-6-4-7-14(12-13)21-17(23)15-8-5-10-20-15/h4,6-7,12,15-16,20H,2-3,5,8-11H2,1H3,(H,21,23). The summed E-state index contributed by atoms with van der Waals surface area (Å²) in [5.41, 5.74) is 1.04. The van der Waals surface area contributed by atoms with Gasteiger partial charge >= 0.3 is 5.97 Å². The minimum absolute atomic E-state index is 0.0856. The van der Waals surface area contributed by atoms with Gasteiger partial charge < -0.3 is 20.3 Å². The van der Waals surface area contributed by atoms with E-state index in [0.717, 1.165) is 32.2 Å². The van der Waals surface area contributed by atoms with Crippen LogP contribution in [0.3, 0.4) is 0 Å². The van der Waals surface area contributed by atoms with Crippen molar-refractivity contribution >= 4 is 23.5 Å². The average molecular weight is 359 g/mol. The van der Waals surface area contributed by atoms with E-state index in [2.05, 4.69) is 10.6 Å². The van der Waals surface area contributed by atoms with Crippen LogP contribution in [0.1, 0.15) is 42.5 Å². The fourth-order valence-corrected chi connectivity index (χ4v) is 3.59. The Labute approximate surface area is 153 Å². The molecule has 26 heavy (non-hydrogen) atoms. The molecule has 2 heterocycles. The fourth-order valence-electron chi connectivity index (χ4n) is 3.59. The molecule has 140 valence electrons. The second kappa shape index (κ2) is 8.31. The SMILES string of the molecule is COC(=O)C1CCCCN1C(=O)c1cccc(NC(=O)C2CCCN2)c1. The first-order valence-corrected chi connectivity index (χ1v) is 9.13. The molecule has 2 atom stereocenters. The summed E-state index contributed by atoms with van der Waals surface area (Å²) in [6.45, 7) is 1.38. The number of ether oxygens (including phenoxy) is 1. The Morgan fingerprint density at radius 1 is 1.19 bits per heavy atom. The van der Waals surface area contributed by atoms with Crippen LogP contribution in [0.5, 0.6) is 0 Å². The van der Waals surface area contributed by atoms with Gasteiger partial charge in [-0.25, -0.2) is 4.79 Å². The van der Waals surface area contributed by atoms with Crippen molar-refractivity contribution in [3.63, 3.8) is 0 Å². The van der Waals surface area contributed by atoms with E-state index in [4.69, 9.17) is 4.74 Å². The highest BCUT2D eigenvalue weighted by atomic mass is 16.5. The summed E-state index contributed by atoms with van der Waals surface area (Å²) in [5.74, 6) is -0.678. The number of likely N-dealkylation sites (tertiary alicyclic amines) is 1. The van der Waals surface area contributed by atoms with Crippen molar-refractivity contribution in [3.8, 4) is 0 Å². The normalized spacial score (nSPS) is 22.7. The third kappa shape index (κ3) is 4.04. The van der Waals surface area contributed by atoms with Crippen molar-refractivity contribution in [1.29, 1.82) is 0 Å². The van der Waals surface area contributed by atoms with E-state index < -0.39 is 6.04 Å². The molecule has 0 aromatic heterocycles. The Bertz CT molecular complexity index is 685. The Balaban J connectivity index is 1.72. The molecule has 0 aliphatic carbocycles. The van der Waals surface area contributed by atoms with E-state index in [1.807, 2.05) is 0 Å². The number of carbonyl (C=O) groups is 3. The molecule has 2 fully saturated rings. The zero-order valence-corrected chi connectivity index (χ0v) is 15.0. The number of methoxy groups -OCH3 is 1. The van der Waals surface area contributed by atoms with E-state index in [-0.39, 0.29) is 23.8 Å². The predicted octanol–water partition coefficient (Wildman–Crippen LogP) is 1.54. The second-order valence-corrected chi connectivity index (χ2v) is 6.75. The number of nitrogens with zero attached hydrogens (tertiary/aromatic N) is 1. The molecule has 2 aliphatic rings. The monoisotopic (exact) mass is 359 g/mol. The number of nitrogens with one attached hydrogen (secondary N) is 2. The number of carbonyl (C=O) groups excluding carboxylic acids is 3. The van der Waals surface area contributed by atoms with Crippen molar-refractivity contribution in [2.24, 2.45) is 0 Å². The Morgan fingerprint density at radius 2 is 2.04 bits per heavy atom. The summed E-state index contributed by atoms with van der Waals surface area (Å²) in [4.78, 5) is 38.7. The van der Waals surface area contributed by atoms with E-state index >= 15 is 0 Å². The lowest BCUT2D eigenvalue weighted by Gasteiger charge is -2.33. The maximum absolute atomic E-state index is 12.9. The van der Waals surface area contributed by atoms with E-state index in [1.165, 1.54) is 7.11 Å². The number of anilines is 1. The Kier molecular flexibility index (Phi) is 5.88. The number of amides is 2. The minimum Gasteiger partial charge on any atom is -0.467 e. The molecule has 2 aliphatic heterocycles. The van der Waals surface area contributed by atoms with Gasteiger partial charge in [-0.3, -0.25) is 9.59 Å². The first-order valence-electron chi connectivity index (χ1n) is 9.13. The molecule has 3 rings (SSSR count). The first-order chi connectivity index (χ1) is 12.6. The van der Waals surface area contributed by atoms with Crippen LogP contribution in [-0.4, -0.2) is 55.0 Å². The second-order valence-electron chi connectivity index (χ2n) is 6.75. The molecular formula is C19H25N3O4. The van der Waals surface area contributed by atoms with Crippen LogP contribution in [0.25, 0.3) is 0 Å². The first kappa shape index (κ1) is 18.4. The molecule has 1 aromatic rings. The molecule has 1 aromatic carbocycles. The molecule has 7 nitrogen and oxygen atoms in total. The van der Waals surface area contributed by atoms with Crippen molar-refractivity contribution < 1.29 is 19.1 Å². The van der Waals surface area contributed by atoms with Crippen molar-refractivity contribution in [1.82, 2.24) is 10.2 Å². The van der Waals surface area contributed by atoms with Gasteiger partial charge in [-0.1, -0.05) is 6.07 Å². The summed E-state index contributed by atoms with van der Waals surface area (Å²) >= 11 is 0. The lowest BCUT2D eigenvalue weighted by atomic mass is 10.0. The van der Waals surface area contributed by atoms with Gasteiger partial charge in [0, 0.05) is 17.8 Å². The summed E-state index contributed by atoms with van der Waals surface area (Å²) < 4.78 is 4.84. The number of piperidine rings is 1. The molecule has 2 saturated heterocycles. The molecule has 7 heteroatoms. The van der Waals surface area contributed by atoms with Gasteiger partial charge in [0.2, 0.25) is 5.91 Å². The van der Waals surface area contributed by atoms with Gasteiger partial charge in [-0.15, -0.1) is 0 Å². The molecule has 2 unspecified atom stereocenters. The summed E-state index contributed by atoms with van der Waals surface area (Å²) in [6.07, 6.45) is 4.18. The molecule has 2 amide bonds.